The summed E-state index contributed by atoms with van der Waals surface area (Å²) >= 11 is 0. The summed E-state index contributed by atoms with van der Waals surface area (Å²) in [6.45, 7) is 4.42. The molecule has 0 bridgehead atoms. The van der Waals surface area contributed by atoms with Crippen LogP contribution in [-0.4, -0.2) is 50.0 Å². The molecule has 0 spiro atoms. The van der Waals surface area contributed by atoms with Crippen molar-refractivity contribution in [1.82, 2.24) is 4.31 Å². The Bertz CT molecular complexity index is 1120. The van der Waals surface area contributed by atoms with E-state index in [9.17, 15) is 22.8 Å². The maximum absolute atomic E-state index is 12.5. The number of carbonyl (C=O) groups excluding carboxylic acids is 3. The molecule has 0 N–H and O–H groups in total. The quantitative estimate of drug-likeness (QED) is 0.422. The highest BCUT2D eigenvalue weighted by Gasteiger charge is 2.27. The fraction of sp³-hybridized carbons (Fsp3) is 0.375. The van der Waals surface area contributed by atoms with Crippen LogP contribution in [-0.2, 0) is 19.6 Å². The smallest absolute Gasteiger partial charge is 0.306 e. The number of carbonyl (C=O) groups is 3. The first-order chi connectivity index (χ1) is 15.2. The molecule has 2 aromatic carbocycles. The van der Waals surface area contributed by atoms with Gasteiger partial charge in [-0.3, -0.25) is 14.4 Å². The van der Waals surface area contributed by atoms with Crippen LogP contribution in [0.25, 0.3) is 0 Å². The van der Waals surface area contributed by atoms with E-state index in [-0.39, 0.29) is 29.1 Å². The van der Waals surface area contributed by atoms with Gasteiger partial charge in [0.2, 0.25) is 10.0 Å². The molecule has 32 heavy (non-hydrogen) atoms. The molecule has 1 saturated heterocycles. The number of esters is 1. The second-order valence-electron chi connectivity index (χ2n) is 7.94. The summed E-state index contributed by atoms with van der Waals surface area (Å²) in [4.78, 5) is 36.6. The SMILES string of the molecule is Cc1ccc(C(=O)CCC(=O)OCC(=O)c2ccc(S(=O)(=O)N3CCCC3)cc2)cc1C. The number of rotatable bonds is 9. The molecule has 0 amide bonds. The molecular formula is C24H27NO6S. The molecule has 3 rings (SSSR count). The molecule has 1 heterocycles. The number of Topliss-reactive ketones (excluding diaryl/α,β-unsaturated/α-hetero) is 2. The monoisotopic (exact) mass is 457 g/mol. The number of ketones is 2. The van der Waals surface area contributed by atoms with Crippen LogP contribution in [0, 0.1) is 13.8 Å². The topological polar surface area (TPSA) is 97.8 Å². The third kappa shape index (κ3) is 5.69. The minimum Gasteiger partial charge on any atom is -0.457 e. The molecule has 0 aromatic heterocycles. The van der Waals surface area contributed by atoms with Gasteiger partial charge in [0.25, 0.3) is 0 Å². The predicted molar refractivity (Wildman–Crippen MR) is 119 cm³/mol. The zero-order valence-corrected chi connectivity index (χ0v) is 19.1. The summed E-state index contributed by atoms with van der Waals surface area (Å²) in [7, 11) is -3.55. The zero-order valence-electron chi connectivity index (χ0n) is 18.3. The lowest BCUT2D eigenvalue weighted by molar-refractivity contribution is -0.142. The Kier molecular flexibility index (Phi) is 7.58. The zero-order chi connectivity index (χ0) is 23.3. The fourth-order valence-electron chi connectivity index (χ4n) is 3.47. The minimum atomic E-state index is -3.55. The van der Waals surface area contributed by atoms with Crippen LogP contribution in [0.2, 0.25) is 0 Å². The first kappa shape index (κ1) is 23.8. The van der Waals surface area contributed by atoms with Crippen LogP contribution in [0.1, 0.15) is 57.5 Å². The highest BCUT2D eigenvalue weighted by molar-refractivity contribution is 7.89. The number of ether oxygens (including phenoxy) is 1. The first-order valence-electron chi connectivity index (χ1n) is 10.6. The number of hydrogen-bond donors (Lipinski definition) is 0. The van der Waals surface area contributed by atoms with Crippen LogP contribution in [0.5, 0.6) is 0 Å². The molecular weight excluding hydrogens is 430 g/mol. The molecule has 0 atom stereocenters. The van der Waals surface area contributed by atoms with E-state index in [1.54, 1.807) is 12.1 Å². The second kappa shape index (κ2) is 10.2. The summed E-state index contributed by atoms with van der Waals surface area (Å²) in [5, 5.41) is 0. The van der Waals surface area contributed by atoms with Gasteiger partial charge >= 0.3 is 5.97 Å². The van der Waals surface area contributed by atoms with Gasteiger partial charge in [0.1, 0.15) is 0 Å². The van der Waals surface area contributed by atoms with Gasteiger partial charge in [0.15, 0.2) is 18.2 Å². The summed E-state index contributed by atoms with van der Waals surface area (Å²) in [6, 6.07) is 11.0. The summed E-state index contributed by atoms with van der Waals surface area (Å²) in [5.74, 6) is -1.24. The third-order valence-electron chi connectivity index (χ3n) is 5.63. The van der Waals surface area contributed by atoms with Crippen LogP contribution < -0.4 is 0 Å². The van der Waals surface area contributed by atoms with Gasteiger partial charge in [-0.05, 0) is 68.1 Å². The minimum absolute atomic E-state index is 0.00141. The standard InChI is InChI=1S/C24H27NO6S/c1-17-5-6-20(15-18(17)2)22(26)11-12-24(28)31-16-23(27)19-7-9-21(10-8-19)32(29,30)25-13-3-4-14-25/h5-10,15H,3-4,11-14,16H2,1-2H3. The van der Waals surface area contributed by atoms with Gasteiger partial charge in [-0.25, -0.2) is 8.42 Å². The molecule has 0 saturated carbocycles. The fourth-order valence-corrected chi connectivity index (χ4v) is 4.98. The van der Waals surface area contributed by atoms with Crippen molar-refractivity contribution >= 4 is 27.6 Å². The second-order valence-corrected chi connectivity index (χ2v) is 9.88. The van der Waals surface area contributed by atoms with Gasteiger partial charge in [0.05, 0.1) is 11.3 Å². The Hall–Kier alpha value is -2.84. The van der Waals surface area contributed by atoms with E-state index in [0.717, 1.165) is 24.0 Å². The predicted octanol–water partition coefficient (Wildman–Crippen LogP) is 3.48. The van der Waals surface area contributed by atoms with E-state index in [1.165, 1.54) is 28.6 Å². The van der Waals surface area contributed by atoms with Crippen molar-refractivity contribution in [1.29, 1.82) is 0 Å². The summed E-state index contributed by atoms with van der Waals surface area (Å²) in [6.07, 6.45) is 1.57. The van der Waals surface area contributed by atoms with Gasteiger partial charge in [-0.2, -0.15) is 4.31 Å². The molecule has 0 unspecified atom stereocenters. The Morgan fingerprint density at radius 3 is 2.09 bits per heavy atom. The summed E-state index contributed by atoms with van der Waals surface area (Å²) < 4.78 is 31.5. The number of aryl methyl sites for hydroxylation is 2. The average molecular weight is 458 g/mol. The lowest BCUT2D eigenvalue weighted by atomic mass is 10.0. The van der Waals surface area contributed by atoms with Crippen LogP contribution in [0.3, 0.4) is 0 Å². The Balaban J connectivity index is 1.49. The normalized spacial score (nSPS) is 14.3. The van der Waals surface area contributed by atoms with Gasteiger partial charge in [-0.15, -0.1) is 0 Å². The van der Waals surface area contributed by atoms with Crippen LogP contribution in [0.15, 0.2) is 47.4 Å². The Labute approximate surface area is 188 Å². The highest BCUT2D eigenvalue weighted by atomic mass is 32.2. The number of nitrogens with zero attached hydrogens (tertiary/aromatic N) is 1. The number of hydrogen-bond acceptors (Lipinski definition) is 6. The maximum atomic E-state index is 12.5. The van der Waals surface area contributed by atoms with E-state index in [1.807, 2.05) is 19.9 Å². The molecule has 0 radical (unpaired) electrons. The highest BCUT2D eigenvalue weighted by Crippen LogP contribution is 2.21. The van der Waals surface area contributed by atoms with Crippen molar-refractivity contribution in [3.8, 4) is 0 Å². The summed E-state index contributed by atoms with van der Waals surface area (Å²) in [5.41, 5.74) is 2.88. The Morgan fingerprint density at radius 2 is 1.47 bits per heavy atom. The van der Waals surface area contributed by atoms with E-state index in [2.05, 4.69) is 0 Å². The van der Waals surface area contributed by atoms with Gasteiger partial charge in [-0.1, -0.05) is 12.1 Å². The van der Waals surface area contributed by atoms with Crippen molar-refractivity contribution in [3.05, 3.63) is 64.7 Å². The Morgan fingerprint density at radius 1 is 0.844 bits per heavy atom. The molecule has 7 nitrogen and oxygen atoms in total. The largest absolute Gasteiger partial charge is 0.457 e. The van der Waals surface area contributed by atoms with Gasteiger partial charge in [0, 0.05) is 30.6 Å². The van der Waals surface area contributed by atoms with Crippen molar-refractivity contribution in [2.45, 2.75) is 44.4 Å². The molecule has 1 aliphatic heterocycles. The molecule has 1 fully saturated rings. The third-order valence-corrected chi connectivity index (χ3v) is 7.54. The molecule has 0 aliphatic carbocycles. The van der Waals surface area contributed by atoms with Crippen molar-refractivity contribution in [2.24, 2.45) is 0 Å². The molecule has 170 valence electrons. The maximum Gasteiger partial charge on any atom is 0.306 e. The van der Waals surface area contributed by atoms with Crippen molar-refractivity contribution in [2.75, 3.05) is 19.7 Å². The number of sulfonamides is 1. The molecule has 8 heteroatoms. The number of benzene rings is 2. The lowest BCUT2D eigenvalue weighted by Gasteiger charge is -2.15. The van der Waals surface area contributed by atoms with Crippen LogP contribution >= 0.6 is 0 Å². The van der Waals surface area contributed by atoms with Crippen LogP contribution in [0.4, 0.5) is 0 Å². The lowest BCUT2D eigenvalue weighted by Crippen LogP contribution is -2.27. The van der Waals surface area contributed by atoms with E-state index in [4.69, 9.17) is 4.74 Å². The van der Waals surface area contributed by atoms with E-state index >= 15 is 0 Å². The first-order valence-corrected chi connectivity index (χ1v) is 12.0. The van der Waals surface area contributed by atoms with Gasteiger partial charge < -0.3 is 4.74 Å². The molecule has 1 aliphatic rings. The molecule has 2 aromatic rings. The van der Waals surface area contributed by atoms with Crippen molar-refractivity contribution in [3.63, 3.8) is 0 Å². The van der Waals surface area contributed by atoms with E-state index in [0.29, 0.717) is 18.7 Å². The van der Waals surface area contributed by atoms with E-state index < -0.39 is 28.4 Å². The van der Waals surface area contributed by atoms with Crippen molar-refractivity contribution < 1.29 is 27.5 Å². The average Bonchev–Trinajstić information content (AvgIpc) is 3.33.